The summed E-state index contributed by atoms with van der Waals surface area (Å²) in [4.78, 5) is 2.43. The predicted octanol–water partition coefficient (Wildman–Crippen LogP) is 11.6. The average molecular weight is 563 g/mol. The maximum atomic E-state index is 2.43. The Morgan fingerprint density at radius 2 is 0.909 bits per heavy atom. The van der Waals surface area contributed by atoms with Crippen LogP contribution in [-0.2, 0) is 0 Å². The van der Waals surface area contributed by atoms with Gasteiger partial charge < -0.3 is 9.47 Å². The molecule has 0 aliphatic rings. The molecule has 8 rings (SSSR count). The van der Waals surface area contributed by atoms with Gasteiger partial charge in [-0.05, 0) is 65.2 Å². The van der Waals surface area contributed by atoms with Crippen LogP contribution >= 0.6 is 0 Å². The highest BCUT2D eigenvalue weighted by Crippen LogP contribution is 2.46. The van der Waals surface area contributed by atoms with Crippen molar-refractivity contribution in [2.75, 3.05) is 4.90 Å². The lowest BCUT2D eigenvalue weighted by Gasteiger charge is -2.29. The van der Waals surface area contributed by atoms with E-state index in [0.717, 1.165) is 22.7 Å². The zero-order valence-corrected chi connectivity index (χ0v) is 24.2. The number of fused-ring (bicyclic) bond motifs is 3. The molecule has 0 aliphatic carbocycles. The molecule has 8 aromatic rings. The minimum absolute atomic E-state index is 1.11. The summed E-state index contributed by atoms with van der Waals surface area (Å²) in [6.45, 7) is 0. The Kier molecular flexibility index (Phi) is 6.51. The first-order valence-corrected chi connectivity index (χ1v) is 15.0. The van der Waals surface area contributed by atoms with Gasteiger partial charge in [-0.1, -0.05) is 133 Å². The molecule has 0 fully saturated rings. The number of hydrogen-bond donors (Lipinski definition) is 0. The van der Waals surface area contributed by atoms with E-state index in [0.29, 0.717) is 0 Å². The average Bonchev–Trinajstić information content (AvgIpc) is 3.45. The Balaban J connectivity index is 1.42. The lowest BCUT2D eigenvalue weighted by Crippen LogP contribution is -2.11. The monoisotopic (exact) mass is 562 g/mol. The number of aromatic nitrogens is 1. The Morgan fingerprint density at radius 1 is 0.364 bits per heavy atom. The van der Waals surface area contributed by atoms with E-state index in [9.17, 15) is 0 Å². The largest absolute Gasteiger partial charge is 0.309 e. The van der Waals surface area contributed by atoms with Gasteiger partial charge in [-0.25, -0.2) is 0 Å². The van der Waals surface area contributed by atoms with Crippen molar-refractivity contribution in [3.8, 4) is 27.9 Å². The molecule has 0 saturated carbocycles. The van der Waals surface area contributed by atoms with Crippen LogP contribution in [-0.4, -0.2) is 4.57 Å². The van der Waals surface area contributed by atoms with Gasteiger partial charge in [0.1, 0.15) is 0 Å². The summed E-state index contributed by atoms with van der Waals surface area (Å²) in [7, 11) is 0. The first-order valence-electron chi connectivity index (χ1n) is 15.0. The smallest absolute Gasteiger partial charge is 0.0562 e. The molecule has 1 aromatic heterocycles. The van der Waals surface area contributed by atoms with Crippen LogP contribution in [0.1, 0.15) is 0 Å². The molecule has 0 atom stereocenters. The van der Waals surface area contributed by atoms with Crippen molar-refractivity contribution in [1.82, 2.24) is 4.57 Å². The summed E-state index contributed by atoms with van der Waals surface area (Å²) >= 11 is 0. The van der Waals surface area contributed by atoms with Crippen LogP contribution in [0, 0.1) is 0 Å². The quantitative estimate of drug-likeness (QED) is 0.196. The molecular formula is C42H30N2. The molecule has 0 saturated heterocycles. The summed E-state index contributed by atoms with van der Waals surface area (Å²) in [5.41, 5.74) is 11.7. The molecule has 44 heavy (non-hydrogen) atoms. The lowest BCUT2D eigenvalue weighted by molar-refractivity contribution is 1.18. The van der Waals surface area contributed by atoms with Crippen LogP contribution in [0.15, 0.2) is 182 Å². The molecule has 2 nitrogen and oxygen atoms in total. The van der Waals surface area contributed by atoms with Crippen LogP contribution in [0.25, 0.3) is 49.7 Å². The number of nitrogens with zero attached hydrogens (tertiary/aromatic N) is 2. The number of rotatable bonds is 6. The molecule has 208 valence electrons. The van der Waals surface area contributed by atoms with Gasteiger partial charge in [-0.2, -0.15) is 0 Å². The Labute approximate surface area is 257 Å². The second kappa shape index (κ2) is 11.1. The minimum Gasteiger partial charge on any atom is -0.309 e. The van der Waals surface area contributed by atoms with E-state index < -0.39 is 0 Å². The molecule has 0 radical (unpaired) electrons. The molecule has 0 aliphatic heterocycles. The molecular weight excluding hydrogens is 532 g/mol. The van der Waals surface area contributed by atoms with Crippen molar-refractivity contribution < 1.29 is 0 Å². The standard InChI is InChI=1S/C42H30N2/c1-4-15-31(16-5-1)32-27-29-35(30-28-32)44(38-23-12-10-21-36(38)33-17-6-2-7-18-33)41-26-14-25-40-42(41)37-22-11-13-24-39(37)43(40)34-19-8-3-9-20-34/h1-30H. The van der Waals surface area contributed by atoms with E-state index >= 15 is 0 Å². The zero-order valence-electron chi connectivity index (χ0n) is 24.2. The molecule has 0 spiro atoms. The van der Waals surface area contributed by atoms with Gasteiger partial charge in [-0.3, -0.25) is 0 Å². The third kappa shape index (κ3) is 4.45. The van der Waals surface area contributed by atoms with Crippen molar-refractivity contribution in [2.24, 2.45) is 0 Å². The maximum Gasteiger partial charge on any atom is 0.0562 e. The summed E-state index contributed by atoms with van der Waals surface area (Å²) in [5.74, 6) is 0. The van der Waals surface area contributed by atoms with Crippen molar-refractivity contribution in [3.05, 3.63) is 182 Å². The van der Waals surface area contributed by atoms with E-state index in [4.69, 9.17) is 0 Å². The van der Waals surface area contributed by atoms with Crippen LogP contribution in [0.5, 0.6) is 0 Å². The van der Waals surface area contributed by atoms with E-state index in [1.807, 2.05) is 0 Å². The van der Waals surface area contributed by atoms with Gasteiger partial charge in [0.05, 0.1) is 22.4 Å². The van der Waals surface area contributed by atoms with E-state index in [1.54, 1.807) is 0 Å². The summed E-state index contributed by atoms with van der Waals surface area (Å²) < 4.78 is 2.38. The highest BCUT2D eigenvalue weighted by atomic mass is 15.1. The Hall–Kier alpha value is -5.86. The Morgan fingerprint density at radius 3 is 1.66 bits per heavy atom. The third-order valence-corrected chi connectivity index (χ3v) is 8.39. The fraction of sp³-hybridized carbons (Fsp3) is 0. The van der Waals surface area contributed by atoms with Crippen LogP contribution in [0.4, 0.5) is 17.1 Å². The molecule has 7 aromatic carbocycles. The molecule has 1 heterocycles. The highest BCUT2D eigenvalue weighted by molar-refractivity contribution is 6.17. The van der Waals surface area contributed by atoms with Crippen LogP contribution in [0.3, 0.4) is 0 Å². The summed E-state index contributed by atoms with van der Waals surface area (Å²) in [5, 5.41) is 2.45. The van der Waals surface area contributed by atoms with Gasteiger partial charge in [0.2, 0.25) is 0 Å². The SMILES string of the molecule is c1ccc(-c2ccc(N(c3ccccc3-c3ccccc3)c3cccc4c3c3ccccc3n4-c3ccccc3)cc2)cc1. The molecule has 0 N–H and O–H groups in total. The van der Waals surface area contributed by atoms with Gasteiger partial charge in [0, 0.05) is 27.7 Å². The summed E-state index contributed by atoms with van der Waals surface area (Å²) in [6.07, 6.45) is 0. The molecule has 2 heteroatoms. The second-order valence-electron chi connectivity index (χ2n) is 11.0. The first-order chi connectivity index (χ1) is 21.9. The normalized spacial score (nSPS) is 11.2. The van der Waals surface area contributed by atoms with E-state index in [-0.39, 0.29) is 0 Å². The molecule has 0 unspecified atom stereocenters. The van der Waals surface area contributed by atoms with E-state index in [2.05, 4.69) is 191 Å². The lowest BCUT2D eigenvalue weighted by atomic mass is 10.00. The number of para-hydroxylation sites is 3. The number of hydrogen-bond acceptors (Lipinski definition) is 1. The van der Waals surface area contributed by atoms with Crippen LogP contribution in [0.2, 0.25) is 0 Å². The second-order valence-corrected chi connectivity index (χ2v) is 11.0. The Bertz CT molecular complexity index is 2200. The summed E-state index contributed by atoms with van der Waals surface area (Å²) in [6, 6.07) is 65.0. The number of benzene rings is 7. The van der Waals surface area contributed by atoms with Gasteiger partial charge in [0.15, 0.2) is 0 Å². The highest BCUT2D eigenvalue weighted by Gasteiger charge is 2.22. The van der Waals surface area contributed by atoms with Gasteiger partial charge in [0.25, 0.3) is 0 Å². The van der Waals surface area contributed by atoms with Crippen molar-refractivity contribution in [3.63, 3.8) is 0 Å². The predicted molar refractivity (Wildman–Crippen MR) is 186 cm³/mol. The van der Waals surface area contributed by atoms with Crippen LogP contribution < -0.4 is 4.90 Å². The minimum atomic E-state index is 1.11. The zero-order chi connectivity index (χ0) is 29.3. The fourth-order valence-corrected chi connectivity index (χ4v) is 6.41. The van der Waals surface area contributed by atoms with E-state index in [1.165, 1.54) is 44.1 Å². The van der Waals surface area contributed by atoms with Crippen molar-refractivity contribution in [1.29, 1.82) is 0 Å². The molecule has 0 amide bonds. The third-order valence-electron chi connectivity index (χ3n) is 8.39. The number of anilines is 3. The maximum absolute atomic E-state index is 2.43. The first kappa shape index (κ1) is 25.8. The molecule has 0 bridgehead atoms. The van der Waals surface area contributed by atoms with Gasteiger partial charge in [-0.15, -0.1) is 0 Å². The van der Waals surface area contributed by atoms with Crippen molar-refractivity contribution >= 4 is 38.9 Å². The van der Waals surface area contributed by atoms with Crippen molar-refractivity contribution in [2.45, 2.75) is 0 Å². The topological polar surface area (TPSA) is 8.17 Å². The van der Waals surface area contributed by atoms with Gasteiger partial charge >= 0.3 is 0 Å². The fourth-order valence-electron chi connectivity index (χ4n) is 6.41.